The van der Waals surface area contributed by atoms with Gasteiger partial charge in [-0.15, -0.1) is 0 Å². The topological polar surface area (TPSA) is 67.6 Å². The number of nitrogen functional groups attached to an aromatic ring is 1. The Morgan fingerprint density at radius 3 is 2.38 bits per heavy atom. The minimum atomic E-state index is -1.80. The third kappa shape index (κ3) is 2.41. The first-order chi connectivity index (χ1) is 11.6. The van der Waals surface area contributed by atoms with Crippen LogP contribution in [0.15, 0.2) is 30.6 Å². The number of fused-ring (bicyclic) bond motifs is 1. The maximum absolute atomic E-state index is 14.6. The van der Waals surface area contributed by atoms with Crippen LogP contribution in [0.4, 0.5) is 10.2 Å². The second-order valence-electron chi connectivity index (χ2n) is 6.18. The Hall–Kier alpha value is -2.21. The smallest absolute Gasteiger partial charge is 0.143 e. The number of aromatic nitrogens is 3. The van der Waals surface area contributed by atoms with Crippen molar-refractivity contribution in [2.75, 3.05) is 5.73 Å². The van der Waals surface area contributed by atoms with E-state index in [-0.39, 0.29) is 5.82 Å². The molecule has 6 heteroatoms. The van der Waals surface area contributed by atoms with Crippen LogP contribution in [-0.4, -0.2) is 23.0 Å². The van der Waals surface area contributed by atoms with Crippen LogP contribution in [-0.2, 0) is 0 Å². The van der Waals surface area contributed by atoms with Gasteiger partial charge in [-0.3, -0.25) is 0 Å². The number of hydrogen-bond donors (Lipinski definition) is 2. The molecule has 0 aliphatic heterocycles. The number of H-pyrrole nitrogens is 1. The molecule has 0 aliphatic carbocycles. The average Bonchev–Trinajstić information content (AvgIpc) is 2.99. The van der Waals surface area contributed by atoms with E-state index in [1.807, 2.05) is 12.1 Å². The second-order valence-corrected chi connectivity index (χ2v) is 11.4. The van der Waals surface area contributed by atoms with Crippen molar-refractivity contribution in [2.24, 2.45) is 0 Å². The largest absolute Gasteiger partial charge is 0.383 e. The van der Waals surface area contributed by atoms with E-state index >= 15 is 0 Å². The molecule has 0 unspecified atom stereocenters. The number of rotatable bonds is 5. The first-order valence-electron chi connectivity index (χ1n) is 8.45. The van der Waals surface area contributed by atoms with Crippen molar-refractivity contribution in [3.8, 4) is 11.1 Å². The zero-order chi connectivity index (χ0) is 17.3. The molecule has 126 valence electrons. The van der Waals surface area contributed by atoms with Crippen molar-refractivity contribution >= 4 is 30.2 Å². The van der Waals surface area contributed by atoms with Crippen LogP contribution in [0.25, 0.3) is 22.2 Å². The molecule has 24 heavy (non-hydrogen) atoms. The van der Waals surface area contributed by atoms with Gasteiger partial charge >= 0.3 is 0 Å². The Kier molecular flexibility index (Phi) is 4.41. The van der Waals surface area contributed by atoms with Crippen LogP contribution >= 0.6 is 0 Å². The molecular weight excluding hydrogens is 319 g/mol. The fourth-order valence-corrected chi connectivity index (χ4v) is 7.39. The SMILES string of the molecule is CC[Si](CC)(CC)c1[nH]c2ncnc(N)c2c1-c1ccccc1F. The van der Waals surface area contributed by atoms with E-state index in [2.05, 4.69) is 35.7 Å². The van der Waals surface area contributed by atoms with Gasteiger partial charge in [0.25, 0.3) is 0 Å². The number of nitrogens with two attached hydrogens (primary N) is 1. The van der Waals surface area contributed by atoms with Crippen LogP contribution in [0.5, 0.6) is 0 Å². The lowest BCUT2D eigenvalue weighted by Gasteiger charge is -2.28. The maximum Gasteiger partial charge on any atom is 0.143 e. The molecule has 0 bridgehead atoms. The Labute approximate surface area is 142 Å². The van der Waals surface area contributed by atoms with Gasteiger partial charge in [-0.2, -0.15) is 0 Å². The number of anilines is 1. The molecule has 0 amide bonds. The molecule has 0 spiro atoms. The van der Waals surface area contributed by atoms with Crippen LogP contribution in [0, 0.1) is 5.82 Å². The number of nitrogens with one attached hydrogen (secondary N) is 1. The molecule has 0 saturated heterocycles. The number of nitrogens with zero attached hydrogens (tertiary/aromatic N) is 2. The van der Waals surface area contributed by atoms with E-state index in [4.69, 9.17) is 5.73 Å². The van der Waals surface area contributed by atoms with Gasteiger partial charge in [0, 0.05) is 16.4 Å². The van der Waals surface area contributed by atoms with Gasteiger partial charge in [0.15, 0.2) is 0 Å². The van der Waals surface area contributed by atoms with E-state index in [0.717, 1.165) is 34.4 Å². The van der Waals surface area contributed by atoms with Crippen molar-refractivity contribution < 1.29 is 4.39 Å². The van der Waals surface area contributed by atoms with Crippen LogP contribution < -0.4 is 11.1 Å². The van der Waals surface area contributed by atoms with Crippen molar-refractivity contribution in [2.45, 2.75) is 38.9 Å². The molecule has 0 fully saturated rings. The van der Waals surface area contributed by atoms with Gasteiger partial charge in [-0.25, -0.2) is 14.4 Å². The summed E-state index contributed by atoms with van der Waals surface area (Å²) in [6.07, 6.45) is 1.45. The van der Waals surface area contributed by atoms with Crippen molar-refractivity contribution in [1.29, 1.82) is 0 Å². The summed E-state index contributed by atoms with van der Waals surface area (Å²) in [6, 6.07) is 10.1. The summed E-state index contributed by atoms with van der Waals surface area (Å²) in [5, 5.41) is 1.88. The predicted octanol–water partition coefficient (Wildman–Crippen LogP) is 4.06. The summed E-state index contributed by atoms with van der Waals surface area (Å²) < 4.78 is 14.6. The van der Waals surface area contributed by atoms with Crippen LogP contribution in [0.1, 0.15) is 20.8 Å². The van der Waals surface area contributed by atoms with Crippen LogP contribution in [0.3, 0.4) is 0 Å². The molecule has 2 heterocycles. The highest BCUT2D eigenvalue weighted by atomic mass is 28.3. The van der Waals surface area contributed by atoms with Gasteiger partial charge in [0.2, 0.25) is 0 Å². The zero-order valence-electron chi connectivity index (χ0n) is 14.4. The first kappa shape index (κ1) is 16.6. The molecule has 4 nitrogen and oxygen atoms in total. The Balaban J connectivity index is 2.45. The minimum Gasteiger partial charge on any atom is -0.383 e. The summed E-state index contributed by atoms with van der Waals surface area (Å²) in [5.41, 5.74) is 8.28. The molecule has 0 atom stereocenters. The molecule has 1 aromatic carbocycles. The average molecular weight is 342 g/mol. The lowest BCUT2D eigenvalue weighted by molar-refractivity contribution is 0.631. The fourth-order valence-electron chi connectivity index (χ4n) is 3.66. The van der Waals surface area contributed by atoms with E-state index < -0.39 is 8.07 Å². The maximum atomic E-state index is 14.6. The van der Waals surface area contributed by atoms with E-state index in [0.29, 0.717) is 17.0 Å². The summed E-state index contributed by atoms with van der Waals surface area (Å²) >= 11 is 0. The van der Waals surface area contributed by atoms with Crippen molar-refractivity contribution in [3.63, 3.8) is 0 Å². The van der Waals surface area contributed by atoms with Gasteiger partial charge in [-0.1, -0.05) is 57.1 Å². The normalized spacial score (nSPS) is 12.0. The highest BCUT2D eigenvalue weighted by Crippen LogP contribution is 2.35. The molecule has 0 saturated carbocycles. The molecule has 3 N–H and O–H groups in total. The zero-order valence-corrected chi connectivity index (χ0v) is 15.4. The summed E-state index contributed by atoms with van der Waals surface area (Å²) in [4.78, 5) is 12.0. The summed E-state index contributed by atoms with van der Waals surface area (Å²) in [5.74, 6) is 0.154. The van der Waals surface area contributed by atoms with Crippen molar-refractivity contribution in [3.05, 3.63) is 36.4 Å². The molecular formula is C18H23FN4Si. The molecule has 2 aromatic heterocycles. The number of halogens is 1. The van der Waals surface area contributed by atoms with Gasteiger partial charge in [0.1, 0.15) is 31.7 Å². The molecule has 3 aromatic rings. The van der Waals surface area contributed by atoms with E-state index in [9.17, 15) is 4.39 Å². The molecule has 3 rings (SSSR count). The third-order valence-electron chi connectivity index (χ3n) is 5.32. The molecule has 0 radical (unpaired) electrons. The van der Waals surface area contributed by atoms with Gasteiger partial charge in [-0.05, 0) is 6.07 Å². The Bertz CT molecular complexity index is 862. The highest BCUT2D eigenvalue weighted by molar-refractivity contribution is 6.92. The van der Waals surface area contributed by atoms with Crippen molar-refractivity contribution in [1.82, 2.24) is 15.0 Å². The quantitative estimate of drug-likeness (QED) is 0.687. The first-order valence-corrected chi connectivity index (χ1v) is 11.1. The monoisotopic (exact) mass is 342 g/mol. The third-order valence-corrected chi connectivity index (χ3v) is 10.8. The predicted molar refractivity (Wildman–Crippen MR) is 101 cm³/mol. The number of aromatic amines is 1. The standard InChI is InChI=1S/C18H23FN4Si/c1-4-24(5-2,6-3)18-14(12-9-7-8-10-13(12)19)15-16(20)21-11-22-17(15)23-18/h7-11H,4-6H2,1-3H3,(H3,20,21,22,23). The van der Waals surface area contributed by atoms with Gasteiger partial charge < -0.3 is 10.7 Å². The number of hydrogen-bond acceptors (Lipinski definition) is 3. The lowest BCUT2D eigenvalue weighted by atomic mass is 10.1. The highest BCUT2D eigenvalue weighted by Gasteiger charge is 2.35. The van der Waals surface area contributed by atoms with E-state index in [1.54, 1.807) is 6.07 Å². The minimum absolute atomic E-state index is 0.242. The summed E-state index contributed by atoms with van der Waals surface area (Å²) in [6.45, 7) is 6.68. The second kappa shape index (κ2) is 6.35. The summed E-state index contributed by atoms with van der Waals surface area (Å²) in [7, 11) is -1.80. The Morgan fingerprint density at radius 2 is 1.75 bits per heavy atom. The Morgan fingerprint density at radius 1 is 1.08 bits per heavy atom. The lowest BCUT2D eigenvalue weighted by Crippen LogP contribution is -2.47. The van der Waals surface area contributed by atoms with Gasteiger partial charge in [0.05, 0.1) is 5.39 Å². The fraction of sp³-hybridized carbons (Fsp3) is 0.333. The molecule has 0 aliphatic rings. The van der Waals surface area contributed by atoms with E-state index in [1.165, 1.54) is 12.4 Å². The number of benzene rings is 1. The van der Waals surface area contributed by atoms with Crippen LogP contribution in [0.2, 0.25) is 18.1 Å².